The van der Waals surface area contributed by atoms with Crippen molar-refractivity contribution < 1.29 is 9.59 Å². The van der Waals surface area contributed by atoms with Crippen LogP contribution in [0.1, 0.15) is 78.1 Å². The van der Waals surface area contributed by atoms with Gasteiger partial charge in [0.15, 0.2) is 0 Å². The Balaban J connectivity index is 0. The van der Waals surface area contributed by atoms with Crippen LogP contribution in [0.25, 0.3) is 0 Å². The smallest absolute Gasteiger partial charge is 0.222 e. The SMILES string of the molecule is C.C1CCC(CC2CCCCC2)CC1.N=C=O.N=C=O. The summed E-state index contributed by atoms with van der Waals surface area (Å²) in [7, 11) is 0. The van der Waals surface area contributed by atoms with Crippen molar-refractivity contribution >= 4 is 12.2 Å². The van der Waals surface area contributed by atoms with Crippen LogP contribution in [0.15, 0.2) is 0 Å². The van der Waals surface area contributed by atoms with Crippen molar-refractivity contribution in [3.63, 3.8) is 0 Å². The van der Waals surface area contributed by atoms with Gasteiger partial charge in [0.05, 0.1) is 0 Å². The van der Waals surface area contributed by atoms with Crippen molar-refractivity contribution in [3.05, 3.63) is 0 Å². The molecular formula is C16H30N2O2. The Morgan fingerprint density at radius 1 is 0.700 bits per heavy atom. The zero-order valence-electron chi connectivity index (χ0n) is 11.7. The average molecular weight is 282 g/mol. The van der Waals surface area contributed by atoms with Crippen LogP contribution in [0.3, 0.4) is 0 Å². The fourth-order valence-corrected chi connectivity index (χ4v) is 3.32. The predicted molar refractivity (Wildman–Crippen MR) is 81.3 cm³/mol. The largest absolute Gasteiger partial charge is 0.231 e. The second-order valence-corrected chi connectivity index (χ2v) is 5.45. The van der Waals surface area contributed by atoms with E-state index in [2.05, 4.69) is 0 Å². The van der Waals surface area contributed by atoms with Crippen LogP contribution in [0, 0.1) is 22.7 Å². The fraction of sp³-hybridized carbons (Fsp3) is 0.875. The summed E-state index contributed by atoms with van der Waals surface area (Å²) in [4.78, 5) is 16.7. The Hall–Kier alpha value is -1.24. The van der Waals surface area contributed by atoms with Gasteiger partial charge in [-0.05, 0) is 18.3 Å². The molecule has 0 saturated heterocycles. The summed E-state index contributed by atoms with van der Waals surface area (Å²) in [5.74, 6) is 2.24. The van der Waals surface area contributed by atoms with Crippen molar-refractivity contribution in [1.82, 2.24) is 0 Å². The van der Waals surface area contributed by atoms with E-state index in [4.69, 9.17) is 20.4 Å². The normalized spacial score (nSPS) is 18.8. The highest BCUT2D eigenvalue weighted by Crippen LogP contribution is 2.34. The fourth-order valence-electron chi connectivity index (χ4n) is 3.32. The molecule has 0 unspecified atom stereocenters. The second kappa shape index (κ2) is 15.8. The highest BCUT2D eigenvalue weighted by molar-refractivity contribution is 5.26. The van der Waals surface area contributed by atoms with Gasteiger partial charge in [0.1, 0.15) is 0 Å². The lowest BCUT2D eigenvalue weighted by Gasteiger charge is -2.28. The average Bonchev–Trinajstić information content (AvgIpc) is 2.43. The van der Waals surface area contributed by atoms with Gasteiger partial charge in [0, 0.05) is 0 Å². The number of rotatable bonds is 2. The van der Waals surface area contributed by atoms with E-state index in [9.17, 15) is 0 Å². The van der Waals surface area contributed by atoms with Gasteiger partial charge in [-0.3, -0.25) is 0 Å². The Labute approximate surface area is 123 Å². The Bertz CT molecular complexity index is 240. The highest BCUT2D eigenvalue weighted by atomic mass is 16.1. The third-order valence-electron chi connectivity index (χ3n) is 4.12. The maximum atomic E-state index is 8.35. The summed E-state index contributed by atoms with van der Waals surface area (Å²) in [5.41, 5.74) is 0. The Morgan fingerprint density at radius 2 is 0.950 bits per heavy atom. The van der Waals surface area contributed by atoms with E-state index < -0.39 is 0 Å². The number of isocyanates is 2. The van der Waals surface area contributed by atoms with E-state index in [-0.39, 0.29) is 7.43 Å². The van der Waals surface area contributed by atoms with Crippen molar-refractivity contribution in [2.75, 3.05) is 0 Å². The standard InChI is InChI=1S/C13H24.2CHNO.CH4/c1-3-7-12(8-4-1)11-13-9-5-2-6-10-13;2*2-1-3;/h12-13H,1-11H2;2*2H;1H4. The second-order valence-electron chi connectivity index (χ2n) is 5.45. The molecule has 0 aliphatic heterocycles. The lowest BCUT2D eigenvalue weighted by atomic mass is 9.78. The maximum absolute atomic E-state index is 8.35. The molecule has 4 nitrogen and oxygen atoms in total. The van der Waals surface area contributed by atoms with E-state index in [1.807, 2.05) is 0 Å². The summed E-state index contributed by atoms with van der Waals surface area (Å²) >= 11 is 0. The van der Waals surface area contributed by atoms with Crippen LogP contribution in [-0.4, -0.2) is 12.2 Å². The molecule has 0 aromatic carbocycles. The molecule has 0 bridgehead atoms. The monoisotopic (exact) mass is 282 g/mol. The first-order valence-electron chi connectivity index (χ1n) is 7.36. The van der Waals surface area contributed by atoms with Gasteiger partial charge in [0.2, 0.25) is 12.2 Å². The van der Waals surface area contributed by atoms with Crippen LogP contribution in [0.4, 0.5) is 0 Å². The lowest BCUT2D eigenvalue weighted by molar-refractivity contribution is 0.244. The van der Waals surface area contributed by atoms with Gasteiger partial charge in [-0.15, -0.1) is 0 Å². The molecule has 116 valence electrons. The molecule has 0 heterocycles. The molecule has 4 heteroatoms. The molecule has 2 saturated carbocycles. The summed E-state index contributed by atoms with van der Waals surface area (Å²) in [6, 6.07) is 0. The molecule has 20 heavy (non-hydrogen) atoms. The molecule has 0 amide bonds. The third kappa shape index (κ3) is 11.8. The molecule has 2 N–H and O–H groups in total. The summed E-state index contributed by atoms with van der Waals surface area (Å²) in [5, 5.41) is 10.8. The number of nitrogens with one attached hydrogen (secondary N) is 2. The molecule has 0 radical (unpaired) electrons. The van der Waals surface area contributed by atoms with Crippen molar-refractivity contribution in [2.24, 2.45) is 11.8 Å². The summed E-state index contributed by atoms with van der Waals surface area (Å²) in [6.07, 6.45) is 18.4. The molecule has 2 aliphatic rings. The zero-order valence-corrected chi connectivity index (χ0v) is 11.7. The summed E-state index contributed by atoms with van der Waals surface area (Å²) in [6.45, 7) is 0. The Morgan fingerprint density at radius 3 is 1.20 bits per heavy atom. The van der Waals surface area contributed by atoms with Crippen molar-refractivity contribution in [2.45, 2.75) is 78.1 Å². The van der Waals surface area contributed by atoms with Gasteiger partial charge in [-0.1, -0.05) is 71.6 Å². The minimum Gasteiger partial charge on any atom is -0.222 e. The molecule has 0 atom stereocenters. The number of hydrogen-bond donors (Lipinski definition) is 2. The van der Waals surface area contributed by atoms with Crippen LogP contribution >= 0.6 is 0 Å². The molecule has 2 fully saturated rings. The maximum Gasteiger partial charge on any atom is 0.231 e. The minimum absolute atomic E-state index is 0. The van der Waals surface area contributed by atoms with Gasteiger partial charge in [0.25, 0.3) is 0 Å². The lowest BCUT2D eigenvalue weighted by Crippen LogP contribution is -2.14. The molecular weight excluding hydrogens is 252 g/mol. The van der Waals surface area contributed by atoms with Crippen LogP contribution in [0.5, 0.6) is 0 Å². The first-order chi connectivity index (χ1) is 9.28. The van der Waals surface area contributed by atoms with Gasteiger partial charge in [-0.25, -0.2) is 20.4 Å². The molecule has 2 aliphatic carbocycles. The predicted octanol–water partition coefficient (Wildman–Crippen LogP) is 4.98. The minimum atomic E-state index is 0. The van der Waals surface area contributed by atoms with Crippen LogP contribution < -0.4 is 0 Å². The van der Waals surface area contributed by atoms with E-state index in [1.54, 1.807) is 32.1 Å². The molecule has 2 rings (SSSR count). The molecule has 0 aromatic heterocycles. The topological polar surface area (TPSA) is 81.8 Å². The van der Waals surface area contributed by atoms with Crippen molar-refractivity contribution in [1.29, 1.82) is 10.8 Å². The van der Waals surface area contributed by atoms with Crippen molar-refractivity contribution in [3.8, 4) is 0 Å². The molecule has 0 spiro atoms. The van der Waals surface area contributed by atoms with Crippen LogP contribution in [-0.2, 0) is 9.59 Å². The first kappa shape index (κ1) is 21.1. The Kier molecular flexibility index (Phi) is 16.7. The van der Waals surface area contributed by atoms with E-state index >= 15 is 0 Å². The van der Waals surface area contributed by atoms with E-state index in [0.29, 0.717) is 0 Å². The summed E-state index contributed by atoms with van der Waals surface area (Å²) < 4.78 is 0. The van der Waals surface area contributed by atoms with E-state index in [1.165, 1.54) is 38.5 Å². The van der Waals surface area contributed by atoms with E-state index in [0.717, 1.165) is 24.0 Å². The number of carbonyl (C=O) groups excluding carboxylic acids is 2. The van der Waals surface area contributed by atoms with Gasteiger partial charge in [-0.2, -0.15) is 0 Å². The highest BCUT2D eigenvalue weighted by Gasteiger charge is 2.20. The first-order valence-corrected chi connectivity index (χ1v) is 7.36. The van der Waals surface area contributed by atoms with Gasteiger partial charge < -0.3 is 0 Å². The quantitative estimate of drug-likeness (QED) is 0.553. The molecule has 0 aromatic rings. The number of hydrogen-bond acceptors (Lipinski definition) is 4. The van der Waals surface area contributed by atoms with Gasteiger partial charge >= 0.3 is 0 Å². The van der Waals surface area contributed by atoms with Crippen LogP contribution in [0.2, 0.25) is 0 Å². The zero-order chi connectivity index (χ0) is 14.3. The third-order valence-corrected chi connectivity index (χ3v) is 4.12.